The first kappa shape index (κ1) is 25.1. The normalized spacial score (nSPS) is 17.5. The number of fused-ring (bicyclic) bond motifs is 1. The number of carbonyl (C=O) groups excluding carboxylic acids is 2. The smallest absolute Gasteiger partial charge is 0.254 e. The Kier molecular flexibility index (Phi) is 8.69. The molecule has 2 heterocycles. The molecule has 4 rings (SSSR count). The second-order valence-corrected chi connectivity index (χ2v) is 9.86. The Labute approximate surface area is 211 Å². The molecule has 0 saturated carbocycles. The predicted octanol–water partition coefficient (Wildman–Crippen LogP) is 4.31. The molecule has 184 valence electrons. The Morgan fingerprint density at radius 3 is 2.60 bits per heavy atom. The fourth-order valence-corrected chi connectivity index (χ4v) is 5.61. The fraction of sp³-hybridized carbons (Fsp3) is 0.357. The molecule has 0 radical (unpaired) electrons. The number of amides is 2. The van der Waals surface area contributed by atoms with Crippen molar-refractivity contribution >= 4 is 23.2 Å². The van der Waals surface area contributed by atoms with Crippen LogP contribution in [0.25, 0.3) is 0 Å². The minimum atomic E-state index is -0.471. The molecule has 3 aromatic rings. The number of rotatable bonds is 11. The van der Waals surface area contributed by atoms with E-state index in [9.17, 15) is 9.59 Å². The number of ether oxygens (including phenoxy) is 1. The molecule has 0 spiro atoms. The van der Waals surface area contributed by atoms with Crippen LogP contribution in [-0.2, 0) is 16.1 Å². The van der Waals surface area contributed by atoms with Crippen molar-refractivity contribution in [1.29, 1.82) is 0 Å². The maximum absolute atomic E-state index is 13.6. The van der Waals surface area contributed by atoms with Gasteiger partial charge in [0.1, 0.15) is 0 Å². The highest BCUT2D eigenvalue weighted by molar-refractivity contribution is 7.10. The van der Waals surface area contributed by atoms with Crippen LogP contribution in [0.1, 0.15) is 44.7 Å². The summed E-state index contributed by atoms with van der Waals surface area (Å²) in [7, 11) is 3.72. The largest absolute Gasteiger partial charge is 0.383 e. The van der Waals surface area contributed by atoms with E-state index >= 15 is 0 Å². The van der Waals surface area contributed by atoms with Crippen LogP contribution < -0.4 is 5.32 Å². The molecule has 7 heteroatoms. The number of nitrogens with one attached hydrogen (secondary N) is 1. The van der Waals surface area contributed by atoms with Gasteiger partial charge in [-0.15, -0.1) is 11.3 Å². The maximum atomic E-state index is 13.6. The molecule has 0 bridgehead atoms. The molecular formula is C28H33N3O3S. The number of hydrogen-bond acceptors (Lipinski definition) is 5. The molecule has 35 heavy (non-hydrogen) atoms. The molecule has 2 atom stereocenters. The van der Waals surface area contributed by atoms with Gasteiger partial charge in [-0.2, -0.15) is 0 Å². The zero-order chi connectivity index (χ0) is 24.6. The van der Waals surface area contributed by atoms with Crippen LogP contribution in [0.2, 0.25) is 0 Å². The van der Waals surface area contributed by atoms with Crippen LogP contribution in [0.5, 0.6) is 0 Å². The van der Waals surface area contributed by atoms with Crippen molar-refractivity contribution in [2.24, 2.45) is 0 Å². The van der Waals surface area contributed by atoms with Crippen LogP contribution in [0.4, 0.5) is 0 Å². The number of thiophene rings is 1. The lowest BCUT2D eigenvalue weighted by Gasteiger charge is -2.41. The third kappa shape index (κ3) is 5.99. The lowest BCUT2D eigenvalue weighted by molar-refractivity contribution is -0.124. The topological polar surface area (TPSA) is 61.9 Å². The quantitative estimate of drug-likeness (QED) is 0.406. The SMILES string of the molecule is COCCN1C(=O)c2ccccc2[C@@H](C(=O)NCCCN(C)Cc2ccccc2)[C@H]1c1cccs1. The van der Waals surface area contributed by atoms with E-state index in [2.05, 4.69) is 41.5 Å². The minimum absolute atomic E-state index is 0.0449. The van der Waals surface area contributed by atoms with Crippen molar-refractivity contribution in [1.82, 2.24) is 15.1 Å². The summed E-state index contributed by atoms with van der Waals surface area (Å²) in [5.74, 6) is -0.569. The van der Waals surface area contributed by atoms with Gasteiger partial charge in [0, 0.05) is 37.2 Å². The van der Waals surface area contributed by atoms with E-state index in [1.54, 1.807) is 23.3 Å². The average molecular weight is 492 g/mol. The average Bonchev–Trinajstić information content (AvgIpc) is 3.41. The molecule has 2 aromatic carbocycles. The minimum Gasteiger partial charge on any atom is -0.383 e. The molecule has 1 N–H and O–H groups in total. The summed E-state index contributed by atoms with van der Waals surface area (Å²) in [5, 5.41) is 5.16. The summed E-state index contributed by atoms with van der Waals surface area (Å²) >= 11 is 1.58. The molecule has 0 saturated heterocycles. The van der Waals surface area contributed by atoms with E-state index in [1.165, 1.54) is 5.56 Å². The summed E-state index contributed by atoms with van der Waals surface area (Å²) in [5.41, 5.74) is 2.67. The number of methoxy groups -OCH3 is 1. The highest BCUT2D eigenvalue weighted by atomic mass is 32.1. The van der Waals surface area contributed by atoms with Gasteiger partial charge in [-0.05, 0) is 48.7 Å². The Morgan fingerprint density at radius 1 is 1.09 bits per heavy atom. The maximum Gasteiger partial charge on any atom is 0.254 e. The van der Waals surface area contributed by atoms with E-state index in [0.717, 1.165) is 30.0 Å². The number of nitrogens with zero attached hydrogens (tertiary/aromatic N) is 2. The van der Waals surface area contributed by atoms with Gasteiger partial charge in [-0.1, -0.05) is 54.6 Å². The van der Waals surface area contributed by atoms with Crippen LogP contribution in [0.15, 0.2) is 72.1 Å². The zero-order valence-corrected chi connectivity index (χ0v) is 21.2. The van der Waals surface area contributed by atoms with Gasteiger partial charge >= 0.3 is 0 Å². The first-order valence-corrected chi connectivity index (χ1v) is 12.9. The second kappa shape index (κ2) is 12.1. The molecule has 0 fully saturated rings. The van der Waals surface area contributed by atoms with Gasteiger partial charge in [0.2, 0.25) is 5.91 Å². The third-order valence-corrected chi connectivity index (χ3v) is 7.35. The van der Waals surface area contributed by atoms with Gasteiger partial charge in [0.05, 0.1) is 18.6 Å². The number of hydrogen-bond donors (Lipinski definition) is 1. The van der Waals surface area contributed by atoms with Gasteiger partial charge in [-0.3, -0.25) is 9.59 Å². The standard InChI is InChI=1S/C28H33N3O3S/c1-30(20-21-10-4-3-5-11-21)16-9-15-29-27(32)25-22-12-6-7-13-23(22)28(33)31(17-18-34-2)26(25)24-14-8-19-35-24/h3-8,10-14,19,25-26H,9,15-18,20H2,1-2H3,(H,29,32)/t25-,26-/m1/s1. The molecule has 1 aliphatic rings. The van der Waals surface area contributed by atoms with Gasteiger partial charge in [-0.25, -0.2) is 0 Å². The Bertz CT molecular complexity index is 1100. The van der Waals surface area contributed by atoms with Crippen LogP contribution in [0, 0.1) is 0 Å². The Balaban J connectivity index is 1.47. The molecule has 6 nitrogen and oxygen atoms in total. The highest BCUT2D eigenvalue weighted by Crippen LogP contribution is 2.44. The van der Waals surface area contributed by atoms with Crippen molar-refractivity contribution in [3.05, 3.63) is 93.7 Å². The predicted molar refractivity (Wildman–Crippen MR) is 140 cm³/mol. The molecule has 0 aliphatic carbocycles. The summed E-state index contributed by atoms with van der Waals surface area (Å²) in [6.45, 7) is 3.18. The molecule has 0 unspecified atom stereocenters. The number of benzene rings is 2. The first-order chi connectivity index (χ1) is 17.1. The summed E-state index contributed by atoms with van der Waals surface area (Å²) in [6, 6.07) is 21.5. The summed E-state index contributed by atoms with van der Waals surface area (Å²) < 4.78 is 5.29. The van der Waals surface area contributed by atoms with Crippen molar-refractivity contribution in [2.75, 3.05) is 40.4 Å². The number of carbonyl (C=O) groups is 2. The van der Waals surface area contributed by atoms with Crippen molar-refractivity contribution in [3.63, 3.8) is 0 Å². The van der Waals surface area contributed by atoms with Gasteiger partial charge in [0.15, 0.2) is 0 Å². The van der Waals surface area contributed by atoms with Crippen LogP contribution in [0.3, 0.4) is 0 Å². The molecular weight excluding hydrogens is 458 g/mol. The molecule has 2 amide bonds. The molecule has 1 aliphatic heterocycles. The van der Waals surface area contributed by atoms with Gasteiger partial charge in [0.25, 0.3) is 5.91 Å². The Morgan fingerprint density at radius 2 is 1.86 bits per heavy atom. The lowest BCUT2D eigenvalue weighted by Crippen LogP contribution is -2.48. The monoisotopic (exact) mass is 491 g/mol. The van der Waals surface area contributed by atoms with E-state index < -0.39 is 5.92 Å². The van der Waals surface area contributed by atoms with Crippen molar-refractivity contribution < 1.29 is 14.3 Å². The first-order valence-electron chi connectivity index (χ1n) is 12.0. The van der Waals surface area contributed by atoms with E-state index in [0.29, 0.717) is 25.3 Å². The highest BCUT2D eigenvalue weighted by Gasteiger charge is 2.44. The van der Waals surface area contributed by atoms with Crippen molar-refractivity contribution in [2.45, 2.75) is 24.9 Å². The van der Waals surface area contributed by atoms with E-state index in [-0.39, 0.29) is 17.9 Å². The Hall–Kier alpha value is -3.00. The summed E-state index contributed by atoms with van der Waals surface area (Å²) in [4.78, 5) is 32.1. The van der Waals surface area contributed by atoms with Gasteiger partial charge < -0.3 is 19.9 Å². The summed E-state index contributed by atoms with van der Waals surface area (Å²) in [6.07, 6.45) is 0.847. The van der Waals surface area contributed by atoms with Crippen LogP contribution in [-0.4, -0.2) is 62.0 Å². The second-order valence-electron chi connectivity index (χ2n) is 8.88. The van der Waals surface area contributed by atoms with E-state index in [4.69, 9.17) is 4.74 Å². The third-order valence-electron chi connectivity index (χ3n) is 6.40. The van der Waals surface area contributed by atoms with Crippen LogP contribution >= 0.6 is 11.3 Å². The van der Waals surface area contributed by atoms with Crippen molar-refractivity contribution in [3.8, 4) is 0 Å². The molecule has 1 aromatic heterocycles. The lowest BCUT2D eigenvalue weighted by atomic mass is 9.81. The van der Waals surface area contributed by atoms with E-state index in [1.807, 2.05) is 47.8 Å². The zero-order valence-electron chi connectivity index (χ0n) is 20.4. The fourth-order valence-electron chi connectivity index (χ4n) is 4.73.